The molecule has 0 unspecified atom stereocenters. The third-order valence-corrected chi connectivity index (χ3v) is 4.19. The summed E-state index contributed by atoms with van der Waals surface area (Å²) >= 11 is 0. The Kier molecular flexibility index (Phi) is 6.52. The molecule has 31 heavy (non-hydrogen) atoms. The molecular formula is C19H18N6O6. The minimum Gasteiger partial charge on any atom is -0.495 e. The van der Waals surface area contributed by atoms with E-state index in [2.05, 4.69) is 20.9 Å². The molecule has 0 spiro atoms. The highest BCUT2D eigenvalue weighted by molar-refractivity contribution is 6.02. The van der Waals surface area contributed by atoms with Crippen LogP contribution in [-0.4, -0.2) is 40.1 Å². The molecule has 3 amide bonds. The molecule has 0 atom stereocenters. The van der Waals surface area contributed by atoms with Crippen LogP contribution in [-0.2, 0) is 11.5 Å². The Morgan fingerprint density at radius 1 is 1.23 bits per heavy atom. The van der Waals surface area contributed by atoms with Gasteiger partial charge in [-0.2, -0.15) is 0 Å². The number of aromatic nitrogens is 2. The first-order valence-corrected chi connectivity index (χ1v) is 8.97. The van der Waals surface area contributed by atoms with Crippen LogP contribution in [0, 0.1) is 10.1 Å². The van der Waals surface area contributed by atoms with Gasteiger partial charge in [-0.3, -0.25) is 34.9 Å². The zero-order valence-corrected chi connectivity index (χ0v) is 16.3. The van der Waals surface area contributed by atoms with Crippen molar-refractivity contribution in [3.05, 3.63) is 69.3 Å². The summed E-state index contributed by atoms with van der Waals surface area (Å²) in [5.74, 6) is -0.198. The third kappa shape index (κ3) is 5.19. The van der Waals surface area contributed by atoms with Crippen LogP contribution >= 0.6 is 0 Å². The molecule has 2 aromatic carbocycles. The molecule has 12 nitrogen and oxygen atoms in total. The third-order valence-electron chi connectivity index (χ3n) is 4.19. The summed E-state index contributed by atoms with van der Waals surface area (Å²) in [6, 6.07) is 9.76. The molecule has 3 N–H and O–H groups in total. The van der Waals surface area contributed by atoms with Gasteiger partial charge in [0.1, 0.15) is 5.75 Å². The van der Waals surface area contributed by atoms with Crippen molar-refractivity contribution in [1.82, 2.24) is 20.2 Å². The van der Waals surface area contributed by atoms with Gasteiger partial charge in [0.25, 0.3) is 11.2 Å². The van der Waals surface area contributed by atoms with E-state index in [-0.39, 0.29) is 24.3 Å². The van der Waals surface area contributed by atoms with Crippen LogP contribution in [0.15, 0.2) is 53.6 Å². The molecule has 0 fully saturated rings. The highest BCUT2D eigenvalue weighted by Gasteiger charge is 2.12. The first-order chi connectivity index (χ1) is 14.9. The number of anilines is 1. The second-order valence-electron chi connectivity index (χ2n) is 6.27. The number of hydrogen-bond donors (Lipinski definition) is 3. The van der Waals surface area contributed by atoms with E-state index in [1.165, 1.54) is 25.6 Å². The number of nitrogens with zero attached hydrogens (tertiary/aromatic N) is 3. The first-order valence-electron chi connectivity index (χ1n) is 8.97. The van der Waals surface area contributed by atoms with Crippen molar-refractivity contribution in [2.45, 2.75) is 6.67 Å². The fraction of sp³-hybridized carbons (Fsp3) is 0.158. The van der Waals surface area contributed by atoms with Crippen molar-refractivity contribution in [2.75, 3.05) is 19.0 Å². The number of carbonyl (C=O) groups is 2. The average Bonchev–Trinajstić information content (AvgIpc) is 2.75. The lowest BCUT2D eigenvalue weighted by Gasteiger charge is -2.11. The number of non-ortho nitro benzene ring substituents is 1. The molecule has 0 aliphatic carbocycles. The van der Waals surface area contributed by atoms with E-state index in [9.17, 15) is 24.5 Å². The molecule has 0 saturated carbocycles. The number of amides is 3. The van der Waals surface area contributed by atoms with Crippen LogP contribution in [0.2, 0.25) is 0 Å². The monoisotopic (exact) mass is 426 g/mol. The number of nitro groups is 1. The van der Waals surface area contributed by atoms with Gasteiger partial charge in [-0.05, 0) is 18.2 Å². The number of fused-ring (bicyclic) bond motifs is 1. The summed E-state index contributed by atoms with van der Waals surface area (Å²) in [5.41, 5.74) is -0.0168. The average molecular weight is 426 g/mol. The van der Waals surface area contributed by atoms with Crippen molar-refractivity contribution in [3.8, 4) is 5.75 Å². The minimum atomic E-state index is -0.742. The van der Waals surface area contributed by atoms with Gasteiger partial charge in [0.05, 0.1) is 48.2 Å². The number of carbonyl (C=O) groups excluding carboxylic acids is 2. The molecular weight excluding hydrogens is 408 g/mol. The fourth-order valence-corrected chi connectivity index (χ4v) is 2.74. The van der Waals surface area contributed by atoms with E-state index >= 15 is 0 Å². The van der Waals surface area contributed by atoms with E-state index in [0.29, 0.717) is 17.0 Å². The lowest BCUT2D eigenvalue weighted by atomic mass is 10.2. The Labute approximate surface area is 175 Å². The van der Waals surface area contributed by atoms with E-state index in [1.54, 1.807) is 24.3 Å². The fourth-order valence-electron chi connectivity index (χ4n) is 2.74. The summed E-state index contributed by atoms with van der Waals surface area (Å²) in [6.07, 6.45) is 1.26. The standard InChI is InChI=1S/C19H18N6O6/c1-31-16-5-3-2-4-15(16)22-19(28)23-17(26)9-20-10-24-11-21-14-7-6-12(25(29)30)8-13(14)18(24)27/h2-8,11,20H,9-10H2,1H3,(H2,22,23,26,28). The van der Waals surface area contributed by atoms with Crippen LogP contribution in [0.3, 0.4) is 0 Å². The summed E-state index contributed by atoms with van der Waals surface area (Å²) < 4.78 is 6.27. The number of urea groups is 1. The van der Waals surface area contributed by atoms with E-state index < -0.39 is 22.4 Å². The largest absolute Gasteiger partial charge is 0.495 e. The zero-order chi connectivity index (χ0) is 22.4. The minimum absolute atomic E-state index is 0.0825. The number of hydrogen-bond acceptors (Lipinski definition) is 8. The molecule has 0 radical (unpaired) electrons. The quantitative estimate of drug-likeness (QED) is 0.376. The zero-order valence-electron chi connectivity index (χ0n) is 16.3. The molecule has 0 aliphatic heterocycles. The summed E-state index contributed by atoms with van der Waals surface area (Å²) in [4.78, 5) is 50.8. The van der Waals surface area contributed by atoms with E-state index in [4.69, 9.17) is 4.74 Å². The maximum Gasteiger partial charge on any atom is 0.326 e. The number of benzene rings is 2. The summed E-state index contributed by atoms with van der Waals surface area (Å²) in [5, 5.41) is 18.3. The number of methoxy groups -OCH3 is 1. The van der Waals surface area contributed by atoms with Gasteiger partial charge in [0.15, 0.2) is 0 Å². The van der Waals surface area contributed by atoms with Crippen molar-refractivity contribution >= 4 is 34.2 Å². The van der Waals surface area contributed by atoms with Crippen molar-refractivity contribution < 1.29 is 19.2 Å². The molecule has 0 saturated heterocycles. The Balaban J connectivity index is 1.57. The Hall–Kier alpha value is -4.32. The predicted octanol–water partition coefficient (Wildman–Crippen LogP) is 1.21. The highest BCUT2D eigenvalue weighted by Crippen LogP contribution is 2.22. The lowest BCUT2D eigenvalue weighted by Crippen LogP contribution is -2.41. The van der Waals surface area contributed by atoms with Crippen molar-refractivity contribution in [1.29, 1.82) is 0 Å². The number of nitro benzene ring substituents is 1. The smallest absolute Gasteiger partial charge is 0.326 e. The van der Waals surface area contributed by atoms with Crippen LogP contribution in [0.5, 0.6) is 5.75 Å². The van der Waals surface area contributed by atoms with E-state index in [1.807, 2.05) is 0 Å². The SMILES string of the molecule is COc1ccccc1NC(=O)NC(=O)CNCn1cnc2ccc([N+](=O)[O-])cc2c1=O. The Morgan fingerprint density at radius 3 is 2.74 bits per heavy atom. The second-order valence-corrected chi connectivity index (χ2v) is 6.27. The molecule has 1 heterocycles. The van der Waals surface area contributed by atoms with Crippen LogP contribution in [0.4, 0.5) is 16.2 Å². The Morgan fingerprint density at radius 2 is 2.00 bits per heavy atom. The topological polar surface area (TPSA) is 157 Å². The highest BCUT2D eigenvalue weighted by atomic mass is 16.6. The normalized spacial score (nSPS) is 10.5. The van der Waals surface area contributed by atoms with Gasteiger partial charge in [0.2, 0.25) is 5.91 Å². The second kappa shape index (κ2) is 9.45. The number of ether oxygens (including phenoxy) is 1. The molecule has 0 bridgehead atoms. The molecule has 1 aromatic heterocycles. The van der Waals surface area contributed by atoms with Gasteiger partial charge in [-0.25, -0.2) is 9.78 Å². The van der Waals surface area contributed by atoms with Crippen LogP contribution in [0.25, 0.3) is 10.9 Å². The van der Waals surface area contributed by atoms with Gasteiger partial charge >= 0.3 is 6.03 Å². The predicted molar refractivity (Wildman–Crippen MR) is 111 cm³/mol. The maximum atomic E-state index is 12.5. The van der Waals surface area contributed by atoms with Gasteiger partial charge in [-0.1, -0.05) is 12.1 Å². The van der Waals surface area contributed by atoms with E-state index in [0.717, 1.165) is 10.6 Å². The first kappa shape index (κ1) is 21.4. The molecule has 3 rings (SSSR count). The van der Waals surface area contributed by atoms with Crippen LogP contribution in [0.1, 0.15) is 0 Å². The van der Waals surface area contributed by atoms with Gasteiger partial charge in [-0.15, -0.1) is 0 Å². The van der Waals surface area contributed by atoms with Crippen molar-refractivity contribution in [3.63, 3.8) is 0 Å². The summed E-state index contributed by atoms with van der Waals surface area (Å²) in [6.45, 7) is -0.356. The summed E-state index contributed by atoms with van der Waals surface area (Å²) in [7, 11) is 1.45. The van der Waals surface area contributed by atoms with Crippen molar-refractivity contribution in [2.24, 2.45) is 0 Å². The number of nitrogens with one attached hydrogen (secondary N) is 3. The number of imide groups is 1. The number of para-hydroxylation sites is 2. The number of rotatable bonds is 7. The Bertz CT molecular complexity index is 1210. The van der Waals surface area contributed by atoms with Gasteiger partial charge < -0.3 is 10.1 Å². The van der Waals surface area contributed by atoms with Crippen LogP contribution < -0.4 is 26.2 Å². The lowest BCUT2D eigenvalue weighted by molar-refractivity contribution is -0.384. The molecule has 3 aromatic rings. The molecule has 12 heteroatoms. The van der Waals surface area contributed by atoms with Gasteiger partial charge in [0, 0.05) is 12.1 Å². The maximum absolute atomic E-state index is 12.5. The molecule has 160 valence electrons. The molecule has 0 aliphatic rings.